The molecule has 0 aromatic heterocycles. The third-order valence-electron chi connectivity index (χ3n) is 6.85. The number of carboxylic acid groups (broad SMARTS) is 1. The molecule has 3 aliphatic heterocycles. The average molecular weight is 515 g/mol. The molecule has 2 fully saturated rings. The Morgan fingerprint density at radius 3 is 2.35 bits per heavy atom. The molecule has 2 aromatic rings. The first kappa shape index (κ1) is 23.4. The van der Waals surface area contributed by atoms with Gasteiger partial charge in [-0.15, -0.1) is 0 Å². The van der Waals surface area contributed by atoms with Crippen LogP contribution in [0, 0.1) is 11.6 Å². The first-order chi connectivity index (χ1) is 17.4. The number of benzene rings is 3. The molecule has 0 radical (unpaired) electrons. The molecule has 0 amide bonds. The van der Waals surface area contributed by atoms with Gasteiger partial charge in [-0.25, -0.2) is 26.9 Å². The zero-order chi connectivity index (χ0) is 26.3. The molecule has 0 atom stereocenters. The number of halogens is 5. The maximum absolute atomic E-state index is 15.3. The van der Waals surface area contributed by atoms with Crippen molar-refractivity contribution in [1.82, 2.24) is 4.58 Å². The van der Waals surface area contributed by atoms with Crippen molar-refractivity contribution in [2.24, 2.45) is 0 Å². The van der Waals surface area contributed by atoms with E-state index in [1.165, 1.54) is 46.7 Å². The highest BCUT2D eigenvalue weighted by Gasteiger charge is 2.46. The summed E-state index contributed by atoms with van der Waals surface area (Å²) in [6, 6.07) is 11.0. The quantitative estimate of drug-likeness (QED) is 0.233. The van der Waals surface area contributed by atoms with Crippen LogP contribution in [0.3, 0.4) is 0 Å². The summed E-state index contributed by atoms with van der Waals surface area (Å²) in [6.45, 7) is 0.0806. The van der Waals surface area contributed by atoms with Gasteiger partial charge in [-0.2, -0.15) is 4.39 Å². The van der Waals surface area contributed by atoms with Crippen molar-refractivity contribution in [3.8, 4) is 22.5 Å². The molecule has 2 saturated heterocycles. The number of aromatic carboxylic acids is 1. The van der Waals surface area contributed by atoms with Crippen molar-refractivity contribution in [3.05, 3.63) is 71.1 Å². The van der Waals surface area contributed by atoms with Gasteiger partial charge in [-0.3, -0.25) is 0 Å². The summed E-state index contributed by atoms with van der Waals surface area (Å²) >= 11 is 0. The van der Waals surface area contributed by atoms with Gasteiger partial charge < -0.3 is 14.4 Å². The minimum Gasteiger partial charge on any atom is -0.478 e. The molecule has 0 unspecified atom stereocenters. The maximum Gasteiger partial charge on any atom is 0.336 e. The van der Waals surface area contributed by atoms with E-state index in [1.807, 2.05) is 0 Å². The third kappa shape index (κ3) is 3.82. The van der Waals surface area contributed by atoms with Gasteiger partial charge in [0.05, 0.1) is 30.4 Å². The standard InChI is InChI=1S/C27H19F5N2O3/c1-26(30)10-33(11-26)20-8-22-16(6-18(20)28)24(14-4-2-3-5-15(14)25(35)36)17-7-19(29)21(9-23(17)37-22)34-12-27(31,32)13-34/h2-9H,10-13H2,1H3/p+1. The van der Waals surface area contributed by atoms with E-state index in [9.17, 15) is 23.1 Å². The second-order valence-corrected chi connectivity index (χ2v) is 9.91. The molecule has 10 heteroatoms. The number of nitrogens with zero attached hydrogens (tertiary/aromatic N) is 2. The number of hydrogen-bond donors (Lipinski definition) is 1. The van der Waals surface area contributed by atoms with E-state index in [4.69, 9.17) is 4.42 Å². The van der Waals surface area contributed by atoms with Gasteiger partial charge >= 0.3 is 5.97 Å². The van der Waals surface area contributed by atoms with Crippen LogP contribution in [-0.2, 0) is 0 Å². The maximum atomic E-state index is 15.3. The molecule has 0 saturated carbocycles. The number of alkyl halides is 3. The van der Waals surface area contributed by atoms with Crippen molar-refractivity contribution >= 4 is 22.6 Å². The number of carboxylic acids is 1. The van der Waals surface area contributed by atoms with Crippen LogP contribution < -0.4 is 14.8 Å². The van der Waals surface area contributed by atoms with Gasteiger partial charge in [-0.05, 0) is 30.7 Å². The molecule has 5 nitrogen and oxygen atoms in total. The molecule has 6 rings (SSSR count). The summed E-state index contributed by atoms with van der Waals surface area (Å²) in [5.41, 5.74) is -0.923. The van der Waals surface area contributed by atoms with Crippen LogP contribution in [0.25, 0.3) is 33.4 Å². The SMILES string of the molecule is CC1(F)C[N+](=c2cc3oc4cc(N5CC(F)(F)C5)c(F)cc4c(-c4ccccc4C(=O)O)c-3cc2F)C1. The molecule has 37 heavy (non-hydrogen) atoms. The fourth-order valence-corrected chi connectivity index (χ4v) is 5.17. The van der Waals surface area contributed by atoms with Gasteiger partial charge in [0.15, 0.2) is 18.9 Å². The van der Waals surface area contributed by atoms with Crippen molar-refractivity contribution in [2.45, 2.75) is 18.5 Å². The molecule has 190 valence electrons. The monoisotopic (exact) mass is 515 g/mol. The first-order valence-electron chi connectivity index (χ1n) is 11.5. The molecule has 0 spiro atoms. The van der Waals surface area contributed by atoms with E-state index in [0.717, 1.165) is 12.1 Å². The van der Waals surface area contributed by atoms with Gasteiger partial charge in [-0.1, -0.05) is 18.2 Å². The second kappa shape index (κ2) is 7.77. The zero-order valence-electron chi connectivity index (χ0n) is 19.5. The van der Waals surface area contributed by atoms with Gasteiger partial charge in [0.2, 0.25) is 11.0 Å². The summed E-state index contributed by atoms with van der Waals surface area (Å²) < 4.78 is 79.1. The highest BCUT2D eigenvalue weighted by atomic mass is 19.3. The smallest absolute Gasteiger partial charge is 0.336 e. The number of fused-ring (bicyclic) bond motifs is 2. The number of rotatable bonds is 3. The summed E-state index contributed by atoms with van der Waals surface area (Å²) in [5, 5.41) is 10.1. The van der Waals surface area contributed by atoms with Crippen molar-refractivity contribution in [1.29, 1.82) is 0 Å². The van der Waals surface area contributed by atoms with Gasteiger partial charge in [0, 0.05) is 22.6 Å². The first-order valence-corrected chi connectivity index (χ1v) is 11.5. The Hall–Kier alpha value is -3.95. The van der Waals surface area contributed by atoms with E-state index in [1.54, 1.807) is 6.07 Å². The number of carbonyl (C=O) groups is 1. The normalized spacial score (nSPS) is 20.7. The largest absolute Gasteiger partial charge is 0.478 e. The third-order valence-corrected chi connectivity index (χ3v) is 6.85. The molecule has 2 aromatic carbocycles. The van der Waals surface area contributed by atoms with Crippen molar-refractivity contribution in [3.63, 3.8) is 0 Å². The van der Waals surface area contributed by atoms with Crippen molar-refractivity contribution < 1.29 is 36.3 Å². The minimum atomic E-state index is -2.93. The number of anilines is 1. The number of hydrogen-bond acceptors (Lipinski definition) is 3. The molecule has 1 N–H and O–H groups in total. The average Bonchev–Trinajstić information content (AvgIpc) is 2.79. The predicted molar refractivity (Wildman–Crippen MR) is 127 cm³/mol. The predicted octanol–water partition coefficient (Wildman–Crippen LogP) is 5.15. The van der Waals surface area contributed by atoms with Crippen LogP contribution in [0.5, 0.6) is 0 Å². The highest BCUT2D eigenvalue weighted by molar-refractivity contribution is 6.07. The summed E-state index contributed by atoms with van der Waals surface area (Å²) in [5.74, 6) is -5.49. The Bertz CT molecular complexity index is 1640. The summed E-state index contributed by atoms with van der Waals surface area (Å²) in [7, 11) is 0. The molecule has 4 aliphatic rings. The Kier molecular flexibility index (Phi) is 4.93. The lowest BCUT2D eigenvalue weighted by molar-refractivity contribution is -0.0265. The minimum absolute atomic E-state index is 0.0176. The fraction of sp³-hybridized carbons (Fsp3) is 0.259. The van der Waals surface area contributed by atoms with Gasteiger partial charge in [0.1, 0.15) is 17.2 Å². The topological polar surface area (TPSA) is 56.7 Å². The van der Waals surface area contributed by atoms with Crippen molar-refractivity contribution in [2.75, 3.05) is 31.1 Å². The van der Waals surface area contributed by atoms with Crippen LogP contribution in [-0.4, -0.2) is 48.8 Å². The lowest BCUT2D eigenvalue weighted by Gasteiger charge is -2.40. The van der Waals surface area contributed by atoms with E-state index < -0.39 is 42.3 Å². The Morgan fingerprint density at radius 2 is 1.70 bits per heavy atom. The van der Waals surface area contributed by atoms with Crippen LogP contribution in [0.4, 0.5) is 27.6 Å². The van der Waals surface area contributed by atoms with E-state index in [2.05, 4.69) is 0 Å². The molecule has 3 heterocycles. The summed E-state index contributed by atoms with van der Waals surface area (Å²) in [4.78, 5) is 13.2. The lowest BCUT2D eigenvalue weighted by Crippen LogP contribution is -2.59. The van der Waals surface area contributed by atoms with Crippen LogP contribution in [0.1, 0.15) is 17.3 Å². The molecular weight excluding hydrogens is 495 g/mol. The Morgan fingerprint density at radius 1 is 1.00 bits per heavy atom. The Balaban J connectivity index is 1.67. The van der Waals surface area contributed by atoms with Crippen LogP contribution >= 0.6 is 0 Å². The second-order valence-electron chi connectivity index (χ2n) is 9.91. The van der Waals surface area contributed by atoms with Crippen LogP contribution in [0.15, 0.2) is 52.9 Å². The Labute approximate surface area is 207 Å². The molecule has 0 bridgehead atoms. The highest BCUT2D eigenvalue weighted by Crippen LogP contribution is 2.44. The molecule has 1 aliphatic carbocycles. The van der Waals surface area contributed by atoms with Crippen LogP contribution in [0.2, 0.25) is 0 Å². The van der Waals surface area contributed by atoms with E-state index in [-0.39, 0.29) is 63.1 Å². The van der Waals surface area contributed by atoms with E-state index in [0.29, 0.717) is 0 Å². The zero-order valence-corrected chi connectivity index (χ0v) is 19.5. The van der Waals surface area contributed by atoms with Gasteiger partial charge in [0.25, 0.3) is 5.92 Å². The lowest BCUT2D eigenvalue weighted by atomic mass is 9.90. The summed E-state index contributed by atoms with van der Waals surface area (Å²) in [6.07, 6.45) is 0. The molecular formula is C27H20F5N2O3+. The fourth-order valence-electron chi connectivity index (χ4n) is 5.17. The van der Waals surface area contributed by atoms with E-state index >= 15 is 8.78 Å².